The number of nitrogens with zero attached hydrogens (tertiary/aromatic N) is 8. The number of alkyl halides is 6. The minimum atomic E-state index is -5.12. The number of halogens is 6. The molecule has 3 aromatic heterocycles. The topological polar surface area (TPSA) is 165 Å². The van der Waals surface area contributed by atoms with Gasteiger partial charge in [0.05, 0.1) is 23.8 Å². The molecule has 0 aromatic carbocycles. The van der Waals surface area contributed by atoms with Crippen LogP contribution in [0.2, 0.25) is 0 Å². The first-order valence-corrected chi connectivity index (χ1v) is 10.8. The summed E-state index contributed by atoms with van der Waals surface area (Å²) in [5.74, 6) is -1.96. The predicted octanol–water partition coefficient (Wildman–Crippen LogP) is 4.78. The van der Waals surface area contributed by atoms with Crippen LogP contribution < -0.4 is 9.47 Å². The molecule has 190 valence electrons. The lowest BCUT2D eigenvalue weighted by Crippen LogP contribution is -2.18. The Labute approximate surface area is 215 Å². The molecule has 0 saturated carbocycles. The SMILES string of the molecule is N#CC(C#N)=C1c2nc(OC(F)(F)F)cnc2-c2c1sc1c2-c2ncc(OC(F)(F)F)nc2C1=C(C#N)C#N. The van der Waals surface area contributed by atoms with Crippen molar-refractivity contribution < 1.29 is 35.8 Å². The fourth-order valence-electron chi connectivity index (χ4n) is 3.98. The van der Waals surface area contributed by atoms with Gasteiger partial charge in [0.15, 0.2) is 0 Å². The van der Waals surface area contributed by atoms with Gasteiger partial charge in [0.2, 0.25) is 11.8 Å². The average molecular weight is 556 g/mol. The third-order valence-corrected chi connectivity index (χ3v) is 6.42. The molecule has 0 amide bonds. The van der Waals surface area contributed by atoms with E-state index in [1.54, 1.807) is 24.3 Å². The van der Waals surface area contributed by atoms with Gasteiger partial charge in [0, 0.05) is 32.0 Å². The van der Waals surface area contributed by atoms with Gasteiger partial charge in [-0.2, -0.15) is 21.0 Å². The Hall–Kier alpha value is -5.52. The zero-order chi connectivity index (χ0) is 28.3. The van der Waals surface area contributed by atoms with Crippen LogP contribution in [0.4, 0.5) is 26.3 Å². The molecule has 2 aliphatic carbocycles. The van der Waals surface area contributed by atoms with Crippen LogP contribution in [-0.2, 0) is 0 Å². The number of hydrogen-bond acceptors (Lipinski definition) is 11. The molecule has 0 bridgehead atoms. The first-order valence-electron chi connectivity index (χ1n) is 9.94. The summed E-state index contributed by atoms with van der Waals surface area (Å²) in [5.41, 5.74) is -2.05. The normalized spacial score (nSPS) is 12.7. The van der Waals surface area contributed by atoms with E-state index in [1.165, 1.54) is 0 Å². The van der Waals surface area contributed by atoms with E-state index in [2.05, 4.69) is 29.4 Å². The molecule has 0 fully saturated rings. The fourth-order valence-corrected chi connectivity index (χ4v) is 5.39. The smallest absolute Gasteiger partial charge is 0.386 e. The van der Waals surface area contributed by atoms with E-state index in [0.29, 0.717) is 12.4 Å². The largest absolute Gasteiger partial charge is 0.574 e. The molecule has 0 aliphatic heterocycles. The molecule has 2 aliphatic rings. The lowest BCUT2D eigenvalue weighted by molar-refractivity contribution is -0.277. The molecule has 39 heavy (non-hydrogen) atoms. The molecule has 10 nitrogen and oxygen atoms in total. The monoisotopic (exact) mass is 556 g/mol. The zero-order valence-corrected chi connectivity index (χ0v) is 19.0. The quantitative estimate of drug-likeness (QED) is 0.218. The van der Waals surface area contributed by atoms with Gasteiger partial charge in [-0.15, -0.1) is 37.7 Å². The second kappa shape index (κ2) is 8.52. The van der Waals surface area contributed by atoms with E-state index in [4.69, 9.17) is 0 Å². The van der Waals surface area contributed by atoms with Crippen molar-refractivity contribution in [1.29, 1.82) is 21.0 Å². The Bertz CT molecular complexity index is 1680. The second-order valence-corrected chi connectivity index (χ2v) is 8.38. The van der Waals surface area contributed by atoms with Gasteiger partial charge in [0.1, 0.15) is 46.8 Å². The number of fused-ring (bicyclic) bond motifs is 7. The van der Waals surface area contributed by atoms with Crippen LogP contribution in [0.3, 0.4) is 0 Å². The lowest BCUT2D eigenvalue weighted by atomic mass is 10.1. The number of nitriles is 4. The van der Waals surface area contributed by atoms with Gasteiger partial charge in [0.25, 0.3) is 0 Å². The zero-order valence-electron chi connectivity index (χ0n) is 18.2. The maximum atomic E-state index is 12.8. The van der Waals surface area contributed by atoms with Crippen molar-refractivity contribution >= 4 is 22.5 Å². The molecule has 0 radical (unpaired) electrons. The second-order valence-electron chi connectivity index (χ2n) is 7.36. The Morgan fingerprint density at radius 1 is 0.641 bits per heavy atom. The van der Waals surface area contributed by atoms with Gasteiger partial charge in [-0.1, -0.05) is 0 Å². The molecule has 0 atom stereocenters. The van der Waals surface area contributed by atoms with E-state index in [-0.39, 0.29) is 54.8 Å². The van der Waals surface area contributed by atoms with Gasteiger partial charge < -0.3 is 9.47 Å². The number of aromatic nitrogens is 4. The molecule has 0 unspecified atom stereocenters. The summed E-state index contributed by atoms with van der Waals surface area (Å²) < 4.78 is 84.4. The van der Waals surface area contributed by atoms with E-state index in [0.717, 1.165) is 11.3 Å². The van der Waals surface area contributed by atoms with E-state index >= 15 is 0 Å². The summed E-state index contributed by atoms with van der Waals surface area (Å²) in [6, 6.07) is 6.56. The Balaban J connectivity index is 1.84. The van der Waals surface area contributed by atoms with Crippen LogP contribution in [-0.4, -0.2) is 32.7 Å². The van der Waals surface area contributed by atoms with Gasteiger partial charge in [-0.25, -0.2) is 19.9 Å². The molecule has 5 rings (SSSR count). The van der Waals surface area contributed by atoms with Crippen molar-refractivity contribution in [2.75, 3.05) is 0 Å². The first-order chi connectivity index (χ1) is 18.4. The van der Waals surface area contributed by atoms with Crippen molar-refractivity contribution in [1.82, 2.24) is 19.9 Å². The highest BCUT2D eigenvalue weighted by atomic mass is 32.1. The maximum Gasteiger partial charge on any atom is 0.574 e. The highest BCUT2D eigenvalue weighted by Crippen LogP contribution is 2.59. The minimum Gasteiger partial charge on any atom is -0.386 e. The Morgan fingerprint density at radius 2 is 1.00 bits per heavy atom. The van der Waals surface area contributed by atoms with Crippen LogP contribution in [0.25, 0.3) is 33.7 Å². The fraction of sp³-hybridized carbons (Fsp3) is 0.0909. The summed E-state index contributed by atoms with van der Waals surface area (Å²) >= 11 is 0.790. The Morgan fingerprint density at radius 3 is 1.31 bits per heavy atom. The molecule has 0 spiro atoms. The molecule has 3 heterocycles. The van der Waals surface area contributed by atoms with Crippen molar-refractivity contribution in [3.63, 3.8) is 0 Å². The average Bonchev–Trinajstić information content (AvgIpc) is 3.46. The third-order valence-electron chi connectivity index (χ3n) is 5.20. The van der Waals surface area contributed by atoms with Gasteiger partial charge in [-0.05, 0) is 0 Å². The Kier molecular flexibility index (Phi) is 5.49. The van der Waals surface area contributed by atoms with Crippen LogP contribution in [0.5, 0.6) is 11.8 Å². The van der Waals surface area contributed by atoms with E-state index in [9.17, 15) is 47.4 Å². The highest BCUT2D eigenvalue weighted by Gasteiger charge is 2.43. The molecule has 3 aromatic rings. The number of ether oxygens (including phenoxy) is 2. The minimum absolute atomic E-state index is 0.102. The number of rotatable bonds is 2. The molecular formula is C22H2F6N8O2S. The summed E-state index contributed by atoms with van der Waals surface area (Å²) in [5, 5.41) is 38.1. The van der Waals surface area contributed by atoms with E-state index < -0.39 is 35.6 Å². The van der Waals surface area contributed by atoms with Crippen LogP contribution in [0.1, 0.15) is 21.1 Å². The van der Waals surface area contributed by atoms with Crippen LogP contribution >= 0.6 is 11.3 Å². The molecule has 17 heteroatoms. The summed E-state index contributed by atoms with van der Waals surface area (Å²) in [6.45, 7) is 0. The van der Waals surface area contributed by atoms with Crippen LogP contribution in [0.15, 0.2) is 23.5 Å². The maximum absolute atomic E-state index is 12.8. The molecule has 0 N–H and O–H groups in total. The van der Waals surface area contributed by atoms with Crippen LogP contribution in [0, 0.1) is 45.3 Å². The lowest BCUT2D eigenvalue weighted by Gasteiger charge is -2.09. The van der Waals surface area contributed by atoms with Gasteiger partial charge in [-0.3, -0.25) is 0 Å². The van der Waals surface area contributed by atoms with E-state index in [1.807, 2.05) is 0 Å². The van der Waals surface area contributed by atoms with Crippen molar-refractivity contribution in [3.05, 3.63) is 44.7 Å². The van der Waals surface area contributed by atoms with Crippen molar-refractivity contribution in [2.24, 2.45) is 0 Å². The number of hydrogen-bond donors (Lipinski definition) is 0. The number of allylic oxidation sites excluding steroid dienone is 2. The standard InChI is InChI=1S/C22H2F6N8O2S/c23-21(24,25)37-9-5-33-15-13-14-16-18(36-10(6-34-16)38-22(26,27)28)12(8(3-31)4-32)20(14)39-19(13)11(17(15)35-9)7(1-29)2-30/h5-6H. The van der Waals surface area contributed by atoms with Crippen molar-refractivity contribution in [3.8, 4) is 58.6 Å². The summed E-state index contributed by atoms with van der Waals surface area (Å²) in [6.07, 6.45) is -8.95. The van der Waals surface area contributed by atoms with Crippen molar-refractivity contribution in [2.45, 2.75) is 12.7 Å². The molecular weight excluding hydrogens is 554 g/mol. The first kappa shape index (κ1) is 25.1. The third kappa shape index (κ3) is 4.03. The van der Waals surface area contributed by atoms with Gasteiger partial charge >= 0.3 is 12.7 Å². The number of thiophene rings is 1. The highest BCUT2D eigenvalue weighted by molar-refractivity contribution is 7.16. The summed E-state index contributed by atoms with van der Waals surface area (Å²) in [4.78, 5) is 15.8. The predicted molar refractivity (Wildman–Crippen MR) is 114 cm³/mol. The molecule has 0 saturated heterocycles. The summed E-state index contributed by atoms with van der Waals surface area (Å²) in [7, 11) is 0.